The average molecular weight is 587 g/mol. The minimum absolute atomic E-state index is 0.00378. The molecule has 0 aromatic heterocycles. The number of aliphatic hydroxyl groups is 1. The van der Waals surface area contributed by atoms with Crippen molar-refractivity contribution in [3.05, 3.63) is 137 Å². The number of hydrogen-bond acceptors (Lipinski definition) is 6. The Morgan fingerprint density at radius 3 is 2.07 bits per heavy atom. The molecule has 0 aliphatic carbocycles. The van der Waals surface area contributed by atoms with Crippen LogP contribution in [0.3, 0.4) is 0 Å². The number of aliphatic hydroxyl groups excluding tert-OH is 1. The van der Waals surface area contributed by atoms with Gasteiger partial charge in [-0.3, -0.25) is 4.90 Å². The Bertz CT molecular complexity index is 1510. The zero-order valence-electron chi connectivity index (χ0n) is 24.0. The third-order valence-electron chi connectivity index (χ3n) is 7.82. The summed E-state index contributed by atoms with van der Waals surface area (Å²) in [7, 11) is -1.48. The first-order valence-corrected chi connectivity index (χ1v) is 15.7. The SMILES string of the molecule is C[C@@H](c1ccccc1)N(C)C[C@H]1C[C@@H](c2ccc(CO)cc2)O[C@@H](c2ccc(CNS(=O)(=O)c3ccccc3)cc2)O1. The van der Waals surface area contributed by atoms with E-state index in [2.05, 4.69) is 47.9 Å². The predicted molar refractivity (Wildman–Crippen MR) is 163 cm³/mol. The van der Waals surface area contributed by atoms with Crippen molar-refractivity contribution in [2.45, 2.75) is 55.9 Å². The second-order valence-electron chi connectivity index (χ2n) is 10.8. The van der Waals surface area contributed by atoms with Crippen LogP contribution in [0.5, 0.6) is 0 Å². The molecule has 0 bridgehead atoms. The fourth-order valence-corrected chi connectivity index (χ4v) is 6.19. The van der Waals surface area contributed by atoms with E-state index in [-0.39, 0.29) is 36.3 Å². The molecule has 4 aromatic carbocycles. The van der Waals surface area contributed by atoms with E-state index >= 15 is 0 Å². The van der Waals surface area contributed by atoms with Crippen molar-refractivity contribution in [3.63, 3.8) is 0 Å². The molecule has 8 heteroatoms. The van der Waals surface area contributed by atoms with E-state index in [4.69, 9.17) is 9.47 Å². The molecule has 0 amide bonds. The number of nitrogens with one attached hydrogen (secondary N) is 1. The zero-order valence-corrected chi connectivity index (χ0v) is 24.8. The molecule has 4 atom stereocenters. The smallest absolute Gasteiger partial charge is 0.240 e. The number of sulfonamides is 1. The van der Waals surface area contributed by atoms with Crippen molar-refractivity contribution in [3.8, 4) is 0 Å². The summed E-state index contributed by atoms with van der Waals surface area (Å²) in [5.74, 6) is 0. The minimum Gasteiger partial charge on any atom is -0.392 e. The lowest BCUT2D eigenvalue weighted by Crippen LogP contribution is -2.38. The molecule has 1 saturated heterocycles. The standard InChI is InChI=1S/C34H38N2O5S/c1-25(28-9-5-3-6-10-28)36(2)23-31-21-33(29-17-15-27(24-37)16-18-29)41-34(40-31)30-19-13-26(14-20-30)22-35-42(38,39)32-11-7-4-8-12-32/h3-20,25,31,33-35,37H,21-24H2,1-2H3/t25-,31+,33-,34-/m0/s1. The molecular weight excluding hydrogens is 548 g/mol. The number of benzene rings is 4. The zero-order chi connectivity index (χ0) is 29.5. The molecule has 0 radical (unpaired) electrons. The maximum absolute atomic E-state index is 12.6. The molecule has 0 saturated carbocycles. The first-order valence-electron chi connectivity index (χ1n) is 14.2. The maximum Gasteiger partial charge on any atom is 0.240 e. The van der Waals surface area contributed by atoms with Gasteiger partial charge in [-0.2, -0.15) is 0 Å². The van der Waals surface area contributed by atoms with Crippen molar-refractivity contribution in [2.75, 3.05) is 13.6 Å². The van der Waals surface area contributed by atoms with Crippen LogP contribution in [0.2, 0.25) is 0 Å². The van der Waals surface area contributed by atoms with Gasteiger partial charge in [-0.05, 0) is 48.4 Å². The largest absolute Gasteiger partial charge is 0.392 e. The molecule has 1 fully saturated rings. The second kappa shape index (κ2) is 13.7. The average Bonchev–Trinajstić information content (AvgIpc) is 3.04. The Labute approximate surface area is 248 Å². The Morgan fingerprint density at radius 1 is 0.833 bits per heavy atom. The molecule has 5 rings (SSSR count). The van der Waals surface area contributed by atoms with Crippen LogP contribution in [-0.2, 0) is 32.6 Å². The van der Waals surface area contributed by atoms with Crippen LogP contribution in [0.1, 0.15) is 59.6 Å². The van der Waals surface area contributed by atoms with Crippen LogP contribution < -0.4 is 4.72 Å². The molecule has 1 heterocycles. The van der Waals surface area contributed by atoms with Gasteiger partial charge in [0.05, 0.1) is 23.7 Å². The fraction of sp³-hybridized carbons (Fsp3) is 0.294. The quantitative estimate of drug-likeness (QED) is 0.228. The third kappa shape index (κ3) is 7.52. The summed E-state index contributed by atoms with van der Waals surface area (Å²) >= 11 is 0. The van der Waals surface area contributed by atoms with Gasteiger partial charge >= 0.3 is 0 Å². The lowest BCUT2D eigenvalue weighted by Gasteiger charge is -2.39. The molecular formula is C34H38N2O5S. The molecule has 1 aliphatic rings. The molecule has 42 heavy (non-hydrogen) atoms. The summed E-state index contributed by atoms with van der Waals surface area (Å²) in [4.78, 5) is 2.54. The van der Waals surface area contributed by atoms with Gasteiger partial charge < -0.3 is 14.6 Å². The molecule has 4 aromatic rings. The minimum atomic E-state index is -3.60. The number of nitrogens with zero attached hydrogens (tertiary/aromatic N) is 1. The summed E-state index contributed by atoms with van der Waals surface area (Å²) in [6.45, 7) is 3.09. The maximum atomic E-state index is 12.6. The topological polar surface area (TPSA) is 88.1 Å². The van der Waals surface area contributed by atoms with Gasteiger partial charge in [0.1, 0.15) is 0 Å². The van der Waals surface area contributed by atoms with Crippen LogP contribution >= 0.6 is 0 Å². The van der Waals surface area contributed by atoms with E-state index in [0.717, 1.165) is 28.8 Å². The lowest BCUT2D eigenvalue weighted by atomic mass is 9.99. The second-order valence-corrected chi connectivity index (χ2v) is 12.5. The summed E-state index contributed by atoms with van der Waals surface area (Å²) in [5, 5.41) is 9.49. The van der Waals surface area contributed by atoms with Crippen LogP contribution in [0.15, 0.2) is 114 Å². The van der Waals surface area contributed by atoms with E-state index in [9.17, 15) is 13.5 Å². The number of hydrogen-bond donors (Lipinski definition) is 2. The summed E-state index contributed by atoms with van der Waals surface area (Å²) < 4.78 is 40.9. The highest BCUT2D eigenvalue weighted by Gasteiger charge is 2.33. The van der Waals surface area contributed by atoms with E-state index in [1.54, 1.807) is 30.3 Å². The number of ether oxygens (including phenoxy) is 2. The molecule has 220 valence electrons. The van der Waals surface area contributed by atoms with Gasteiger partial charge in [-0.25, -0.2) is 13.1 Å². The Kier molecular flexibility index (Phi) is 9.84. The summed E-state index contributed by atoms with van der Waals surface area (Å²) in [6, 6.07) is 34.5. The van der Waals surface area contributed by atoms with E-state index < -0.39 is 16.3 Å². The highest BCUT2D eigenvalue weighted by atomic mass is 32.2. The van der Waals surface area contributed by atoms with Crippen molar-refractivity contribution in [1.29, 1.82) is 0 Å². The van der Waals surface area contributed by atoms with Gasteiger partial charge in [0.15, 0.2) is 6.29 Å². The third-order valence-corrected chi connectivity index (χ3v) is 9.24. The van der Waals surface area contributed by atoms with E-state index in [0.29, 0.717) is 6.42 Å². The van der Waals surface area contributed by atoms with E-state index in [1.165, 1.54) is 5.56 Å². The summed E-state index contributed by atoms with van der Waals surface area (Å²) in [6.07, 6.45) is -0.152. The van der Waals surface area contributed by atoms with Crippen molar-refractivity contribution < 1.29 is 23.0 Å². The lowest BCUT2D eigenvalue weighted by molar-refractivity contribution is -0.253. The predicted octanol–water partition coefficient (Wildman–Crippen LogP) is 5.90. The van der Waals surface area contributed by atoms with Crippen LogP contribution in [0.25, 0.3) is 0 Å². The van der Waals surface area contributed by atoms with E-state index in [1.807, 2.05) is 54.6 Å². The van der Waals surface area contributed by atoms with Gasteiger partial charge in [0.2, 0.25) is 10.0 Å². The highest BCUT2D eigenvalue weighted by molar-refractivity contribution is 7.89. The number of likely N-dealkylation sites (N-methyl/N-ethyl adjacent to an activating group) is 1. The van der Waals surface area contributed by atoms with Gasteiger partial charge in [0.25, 0.3) is 0 Å². The monoisotopic (exact) mass is 586 g/mol. The van der Waals surface area contributed by atoms with Gasteiger partial charge in [-0.15, -0.1) is 0 Å². The Balaban J connectivity index is 1.30. The molecule has 0 unspecified atom stereocenters. The van der Waals surface area contributed by atoms with Gasteiger partial charge in [-0.1, -0.05) is 97.1 Å². The molecule has 2 N–H and O–H groups in total. The van der Waals surface area contributed by atoms with Crippen LogP contribution in [0, 0.1) is 0 Å². The Morgan fingerprint density at radius 2 is 1.43 bits per heavy atom. The van der Waals surface area contributed by atoms with Crippen molar-refractivity contribution in [1.82, 2.24) is 9.62 Å². The fourth-order valence-electron chi connectivity index (χ4n) is 5.15. The van der Waals surface area contributed by atoms with Crippen molar-refractivity contribution in [2.24, 2.45) is 0 Å². The first kappa shape index (κ1) is 30.1. The molecule has 1 aliphatic heterocycles. The normalized spacial score (nSPS) is 20.0. The van der Waals surface area contributed by atoms with Gasteiger partial charge in [0, 0.05) is 31.1 Å². The first-order chi connectivity index (χ1) is 20.3. The highest BCUT2D eigenvalue weighted by Crippen LogP contribution is 2.38. The van der Waals surface area contributed by atoms with Crippen LogP contribution in [-0.4, -0.2) is 38.1 Å². The Hall–Kier alpha value is -3.37. The summed E-state index contributed by atoms with van der Waals surface area (Å²) in [5.41, 5.74) is 4.84. The van der Waals surface area contributed by atoms with Crippen molar-refractivity contribution >= 4 is 10.0 Å². The molecule has 0 spiro atoms. The van der Waals surface area contributed by atoms with Crippen LogP contribution in [0.4, 0.5) is 0 Å². The molecule has 7 nitrogen and oxygen atoms in total. The number of rotatable bonds is 11.